The molecular formula is C20H22OS. The van der Waals surface area contributed by atoms with Crippen LogP contribution in [0.4, 0.5) is 0 Å². The van der Waals surface area contributed by atoms with E-state index in [0.29, 0.717) is 0 Å². The molecule has 2 aromatic carbocycles. The maximum atomic E-state index is 5.29. The highest BCUT2D eigenvalue weighted by atomic mass is 32.1. The average Bonchev–Trinajstić information content (AvgIpc) is 2.86. The van der Waals surface area contributed by atoms with Gasteiger partial charge in [0.15, 0.2) is 0 Å². The van der Waals surface area contributed by atoms with Gasteiger partial charge in [-0.05, 0) is 42.2 Å². The lowest BCUT2D eigenvalue weighted by Gasteiger charge is -2.19. The van der Waals surface area contributed by atoms with Crippen molar-refractivity contribution in [2.75, 3.05) is 7.11 Å². The van der Waals surface area contributed by atoms with Gasteiger partial charge < -0.3 is 4.74 Å². The van der Waals surface area contributed by atoms with Gasteiger partial charge in [-0.1, -0.05) is 44.5 Å². The van der Waals surface area contributed by atoms with Crippen LogP contribution >= 0.6 is 11.3 Å². The molecule has 0 saturated heterocycles. The Kier molecular flexibility index (Phi) is 3.73. The molecule has 3 aromatic rings. The quantitative estimate of drug-likeness (QED) is 0.549. The standard InChI is InChI=1S/C20H22OS/c1-13-6-11-17-16(12-13)18(19(22-17)20(2,3)4)14-7-9-15(21-5)10-8-14/h6-12H,1-5H3. The van der Waals surface area contributed by atoms with Crippen molar-refractivity contribution in [3.63, 3.8) is 0 Å². The van der Waals surface area contributed by atoms with E-state index in [0.717, 1.165) is 5.75 Å². The van der Waals surface area contributed by atoms with Crippen molar-refractivity contribution in [3.8, 4) is 16.9 Å². The van der Waals surface area contributed by atoms with Gasteiger partial charge in [-0.2, -0.15) is 0 Å². The molecule has 0 radical (unpaired) electrons. The lowest BCUT2D eigenvalue weighted by Crippen LogP contribution is -2.09. The van der Waals surface area contributed by atoms with Gasteiger partial charge in [-0.3, -0.25) is 0 Å². The monoisotopic (exact) mass is 310 g/mol. The van der Waals surface area contributed by atoms with Gasteiger partial charge in [0.1, 0.15) is 5.75 Å². The highest BCUT2D eigenvalue weighted by Crippen LogP contribution is 2.45. The van der Waals surface area contributed by atoms with Crippen molar-refractivity contribution in [2.24, 2.45) is 0 Å². The van der Waals surface area contributed by atoms with E-state index >= 15 is 0 Å². The number of benzene rings is 2. The third-order valence-electron chi connectivity index (χ3n) is 3.90. The number of rotatable bonds is 2. The third-order valence-corrected chi connectivity index (χ3v) is 5.50. The Morgan fingerprint density at radius 1 is 0.955 bits per heavy atom. The van der Waals surface area contributed by atoms with E-state index in [1.807, 2.05) is 23.5 Å². The Morgan fingerprint density at radius 2 is 1.64 bits per heavy atom. The Hall–Kier alpha value is -1.80. The summed E-state index contributed by atoms with van der Waals surface area (Å²) in [6.45, 7) is 9.03. The molecule has 2 heteroatoms. The van der Waals surface area contributed by atoms with Crippen LogP contribution in [-0.2, 0) is 5.41 Å². The minimum Gasteiger partial charge on any atom is -0.497 e. The summed E-state index contributed by atoms with van der Waals surface area (Å²) in [6, 6.07) is 15.2. The van der Waals surface area contributed by atoms with Crippen molar-refractivity contribution in [1.29, 1.82) is 0 Å². The molecule has 0 atom stereocenters. The maximum absolute atomic E-state index is 5.29. The van der Waals surface area contributed by atoms with Crippen molar-refractivity contribution < 1.29 is 4.74 Å². The van der Waals surface area contributed by atoms with E-state index in [4.69, 9.17) is 4.74 Å². The van der Waals surface area contributed by atoms with Gasteiger partial charge in [0.05, 0.1) is 7.11 Å². The van der Waals surface area contributed by atoms with Crippen LogP contribution in [0.2, 0.25) is 0 Å². The average molecular weight is 310 g/mol. The second kappa shape index (κ2) is 5.44. The molecule has 3 rings (SSSR count). The molecule has 0 bridgehead atoms. The SMILES string of the molecule is COc1ccc(-c2c(C(C)(C)C)sc3ccc(C)cc23)cc1. The van der Waals surface area contributed by atoms with Gasteiger partial charge in [0.2, 0.25) is 0 Å². The zero-order chi connectivity index (χ0) is 15.9. The lowest BCUT2D eigenvalue weighted by molar-refractivity contribution is 0.415. The fraction of sp³-hybridized carbons (Fsp3) is 0.300. The smallest absolute Gasteiger partial charge is 0.118 e. The predicted molar refractivity (Wildman–Crippen MR) is 97.3 cm³/mol. The number of fused-ring (bicyclic) bond motifs is 1. The Morgan fingerprint density at radius 3 is 2.23 bits per heavy atom. The summed E-state index contributed by atoms with van der Waals surface area (Å²) in [5.41, 5.74) is 4.08. The molecule has 1 aromatic heterocycles. The summed E-state index contributed by atoms with van der Waals surface area (Å²) in [5.74, 6) is 0.900. The molecule has 114 valence electrons. The maximum Gasteiger partial charge on any atom is 0.118 e. The van der Waals surface area contributed by atoms with Gasteiger partial charge in [0, 0.05) is 20.5 Å². The van der Waals surface area contributed by atoms with E-state index in [1.165, 1.54) is 31.7 Å². The Balaban J connectivity index is 2.30. The van der Waals surface area contributed by atoms with Crippen LogP contribution < -0.4 is 4.74 Å². The molecular weight excluding hydrogens is 288 g/mol. The van der Waals surface area contributed by atoms with Crippen LogP contribution in [0.5, 0.6) is 5.75 Å². The first-order valence-electron chi connectivity index (χ1n) is 7.58. The zero-order valence-corrected chi connectivity index (χ0v) is 14.7. The minimum atomic E-state index is 0.132. The predicted octanol–water partition coefficient (Wildman–Crippen LogP) is 6.18. The highest BCUT2D eigenvalue weighted by Gasteiger charge is 2.24. The zero-order valence-electron chi connectivity index (χ0n) is 13.9. The second-order valence-electron chi connectivity index (χ2n) is 6.78. The minimum absolute atomic E-state index is 0.132. The molecule has 0 N–H and O–H groups in total. The topological polar surface area (TPSA) is 9.23 Å². The molecule has 1 nitrogen and oxygen atoms in total. The number of hydrogen-bond acceptors (Lipinski definition) is 2. The van der Waals surface area contributed by atoms with Crippen LogP contribution in [0.15, 0.2) is 42.5 Å². The number of aryl methyl sites for hydroxylation is 1. The van der Waals surface area contributed by atoms with Crippen LogP contribution in [-0.4, -0.2) is 7.11 Å². The number of methoxy groups -OCH3 is 1. The first-order valence-corrected chi connectivity index (χ1v) is 8.40. The molecule has 0 saturated carbocycles. The third kappa shape index (κ3) is 2.64. The molecule has 0 amide bonds. The van der Waals surface area contributed by atoms with Crippen LogP contribution in [0.1, 0.15) is 31.2 Å². The van der Waals surface area contributed by atoms with E-state index in [-0.39, 0.29) is 5.41 Å². The summed E-state index contributed by atoms with van der Waals surface area (Å²) in [4.78, 5) is 1.44. The fourth-order valence-corrected chi connectivity index (χ4v) is 4.05. The molecule has 0 aliphatic carbocycles. The van der Waals surface area contributed by atoms with E-state index in [1.54, 1.807) is 7.11 Å². The summed E-state index contributed by atoms with van der Waals surface area (Å²) in [6.07, 6.45) is 0. The summed E-state index contributed by atoms with van der Waals surface area (Å²) in [7, 11) is 1.71. The molecule has 0 fully saturated rings. The summed E-state index contributed by atoms with van der Waals surface area (Å²) >= 11 is 1.91. The van der Waals surface area contributed by atoms with Gasteiger partial charge >= 0.3 is 0 Å². The molecule has 1 heterocycles. The fourth-order valence-electron chi connectivity index (χ4n) is 2.78. The first kappa shape index (κ1) is 15.1. The molecule has 22 heavy (non-hydrogen) atoms. The number of thiophene rings is 1. The summed E-state index contributed by atoms with van der Waals surface area (Å²) < 4.78 is 6.66. The summed E-state index contributed by atoms with van der Waals surface area (Å²) in [5, 5.41) is 1.36. The Labute approximate surface area is 136 Å². The number of ether oxygens (including phenoxy) is 1. The van der Waals surface area contributed by atoms with E-state index in [9.17, 15) is 0 Å². The number of hydrogen-bond donors (Lipinski definition) is 0. The van der Waals surface area contributed by atoms with Crippen molar-refractivity contribution in [2.45, 2.75) is 33.1 Å². The van der Waals surface area contributed by atoms with Crippen LogP contribution in [0, 0.1) is 6.92 Å². The van der Waals surface area contributed by atoms with Crippen molar-refractivity contribution in [3.05, 3.63) is 52.9 Å². The van der Waals surface area contributed by atoms with Crippen molar-refractivity contribution in [1.82, 2.24) is 0 Å². The van der Waals surface area contributed by atoms with Crippen LogP contribution in [0.3, 0.4) is 0 Å². The normalized spacial score (nSPS) is 11.9. The van der Waals surface area contributed by atoms with E-state index in [2.05, 4.69) is 58.0 Å². The molecule has 0 aliphatic heterocycles. The second-order valence-corrected chi connectivity index (χ2v) is 7.84. The largest absolute Gasteiger partial charge is 0.497 e. The lowest BCUT2D eigenvalue weighted by atomic mass is 9.88. The molecule has 0 aliphatic rings. The van der Waals surface area contributed by atoms with Crippen molar-refractivity contribution >= 4 is 21.4 Å². The van der Waals surface area contributed by atoms with Crippen LogP contribution in [0.25, 0.3) is 21.2 Å². The van der Waals surface area contributed by atoms with Gasteiger partial charge in [0.25, 0.3) is 0 Å². The molecule has 0 spiro atoms. The van der Waals surface area contributed by atoms with Gasteiger partial charge in [-0.25, -0.2) is 0 Å². The highest BCUT2D eigenvalue weighted by molar-refractivity contribution is 7.19. The molecule has 0 unspecified atom stereocenters. The van der Waals surface area contributed by atoms with Gasteiger partial charge in [-0.15, -0.1) is 11.3 Å². The van der Waals surface area contributed by atoms with E-state index < -0.39 is 0 Å². The first-order chi connectivity index (χ1) is 10.4. The Bertz CT molecular complexity index is 804.